The van der Waals surface area contributed by atoms with Gasteiger partial charge in [-0.3, -0.25) is 0 Å². The number of hydrogen-bond donors (Lipinski definition) is 1. The van der Waals surface area contributed by atoms with Gasteiger partial charge in [-0.05, 0) is 19.3 Å². The first-order valence-corrected chi connectivity index (χ1v) is 4.59. The summed E-state index contributed by atoms with van der Waals surface area (Å²) in [6.45, 7) is 2.17. The average molecular weight is 151 g/mol. The lowest BCUT2D eigenvalue weighted by atomic mass is 9.92. The molecule has 0 radical (unpaired) electrons. The molecule has 62 valence electrons. The van der Waals surface area contributed by atoms with Crippen molar-refractivity contribution in [2.24, 2.45) is 0 Å². The molecule has 0 spiro atoms. The van der Waals surface area contributed by atoms with E-state index in [4.69, 9.17) is 6.42 Å². The lowest BCUT2D eigenvalue weighted by Crippen LogP contribution is -2.41. The van der Waals surface area contributed by atoms with E-state index in [0.29, 0.717) is 6.04 Å². The van der Waals surface area contributed by atoms with E-state index >= 15 is 0 Å². The molecule has 1 nitrogen and oxygen atoms in total. The largest absolute Gasteiger partial charge is 0.301 e. The number of terminal acetylenes is 1. The Morgan fingerprint density at radius 1 is 1.64 bits per heavy atom. The van der Waals surface area contributed by atoms with Crippen LogP contribution in [-0.2, 0) is 0 Å². The van der Waals surface area contributed by atoms with Crippen molar-refractivity contribution in [3.8, 4) is 12.3 Å². The van der Waals surface area contributed by atoms with E-state index in [0.717, 1.165) is 12.5 Å². The molecule has 0 saturated heterocycles. The number of rotatable bonds is 4. The fraction of sp³-hybridized carbons (Fsp3) is 0.800. The first-order valence-electron chi connectivity index (χ1n) is 4.59. The standard InChI is InChI=1S/C10H17N/c1-3-6-9(4-2)11-10-7-5-8-10/h2,9-11H,3,5-8H2,1H3. The second-order valence-electron chi connectivity index (χ2n) is 3.30. The average Bonchev–Trinajstić information content (AvgIpc) is 1.94. The Bertz CT molecular complexity index is 141. The molecule has 0 amide bonds. The summed E-state index contributed by atoms with van der Waals surface area (Å²) in [5.41, 5.74) is 0. The van der Waals surface area contributed by atoms with E-state index in [9.17, 15) is 0 Å². The minimum atomic E-state index is 0.324. The van der Waals surface area contributed by atoms with E-state index in [1.54, 1.807) is 0 Å². The molecule has 1 heteroatoms. The molecule has 0 aromatic heterocycles. The molecular weight excluding hydrogens is 134 g/mol. The highest BCUT2D eigenvalue weighted by Crippen LogP contribution is 2.19. The first-order chi connectivity index (χ1) is 5.36. The molecule has 1 fully saturated rings. The first kappa shape index (κ1) is 8.62. The molecule has 1 aliphatic rings. The van der Waals surface area contributed by atoms with E-state index in [1.807, 2.05) is 0 Å². The third kappa shape index (κ3) is 2.55. The summed E-state index contributed by atoms with van der Waals surface area (Å²) in [6, 6.07) is 1.05. The fourth-order valence-electron chi connectivity index (χ4n) is 1.36. The highest BCUT2D eigenvalue weighted by molar-refractivity contribution is 5.00. The monoisotopic (exact) mass is 151 g/mol. The van der Waals surface area contributed by atoms with Crippen molar-refractivity contribution in [1.29, 1.82) is 0 Å². The van der Waals surface area contributed by atoms with E-state index in [2.05, 4.69) is 18.2 Å². The van der Waals surface area contributed by atoms with Crippen molar-refractivity contribution < 1.29 is 0 Å². The summed E-state index contributed by atoms with van der Waals surface area (Å²) in [6.07, 6.45) is 11.7. The van der Waals surface area contributed by atoms with Crippen LogP contribution in [0.25, 0.3) is 0 Å². The minimum absolute atomic E-state index is 0.324. The summed E-state index contributed by atoms with van der Waals surface area (Å²) in [5, 5.41) is 3.47. The van der Waals surface area contributed by atoms with Gasteiger partial charge in [0, 0.05) is 6.04 Å². The number of hydrogen-bond acceptors (Lipinski definition) is 1. The topological polar surface area (TPSA) is 12.0 Å². The second kappa shape index (κ2) is 4.41. The zero-order chi connectivity index (χ0) is 8.10. The molecule has 1 unspecified atom stereocenters. The van der Waals surface area contributed by atoms with Gasteiger partial charge < -0.3 is 5.32 Å². The maximum Gasteiger partial charge on any atom is 0.0688 e. The Labute approximate surface area is 69.6 Å². The zero-order valence-electron chi connectivity index (χ0n) is 7.27. The predicted molar refractivity (Wildman–Crippen MR) is 48.3 cm³/mol. The van der Waals surface area contributed by atoms with Gasteiger partial charge in [-0.25, -0.2) is 0 Å². The van der Waals surface area contributed by atoms with Crippen molar-refractivity contribution in [1.82, 2.24) is 5.32 Å². The highest BCUT2D eigenvalue weighted by atomic mass is 15.0. The molecule has 0 aromatic rings. The Hall–Kier alpha value is -0.480. The Morgan fingerprint density at radius 2 is 2.36 bits per heavy atom. The van der Waals surface area contributed by atoms with Crippen LogP contribution in [0.5, 0.6) is 0 Å². The van der Waals surface area contributed by atoms with Gasteiger partial charge in [-0.1, -0.05) is 25.7 Å². The van der Waals surface area contributed by atoms with Crippen LogP contribution in [0.2, 0.25) is 0 Å². The van der Waals surface area contributed by atoms with Gasteiger partial charge in [0.25, 0.3) is 0 Å². The zero-order valence-corrected chi connectivity index (χ0v) is 7.27. The highest BCUT2D eigenvalue weighted by Gasteiger charge is 2.19. The van der Waals surface area contributed by atoms with Crippen molar-refractivity contribution in [3.63, 3.8) is 0 Å². The van der Waals surface area contributed by atoms with Crippen LogP contribution in [0, 0.1) is 12.3 Å². The Balaban J connectivity index is 2.15. The minimum Gasteiger partial charge on any atom is -0.301 e. The Kier molecular flexibility index (Phi) is 3.45. The van der Waals surface area contributed by atoms with Gasteiger partial charge in [0.05, 0.1) is 6.04 Å². The van der Waals surface area contributed by atoms with Gasteiger partial charge in [0.1, 0.15) is 0 Å². The van der Waals surface area contributed by atoms with Crippen LogP contribution >= 0.6 is 0 Å². The molecule has 1 rings (SSSR count). The number of nitrogens with one attached hydrogen (secondary N) is 1. The SMILES string of the molecule is C#CC(CCC)NC1CCC1. The van der Waals surface area contributed by atoms with Gasteiger partial charge in [0.2, 0.25) is 0 Å². The molecule has 0 bridgehead atoms. The van der Waals surface area contributed by atoms with Crippen LogP contribution in [0.3, 0.4) is 0 Å². The molecule has 11 heavy (non-hydrogen) atoms. The summed E-state index contributed by atoms with van der Waals surface area (Å²) >= 11 is 0. The van der Waals surface area contributed by atoms with E-state index in [1.165, 1.54) is 25.7 Å². The molecule has 0 aliphatic heterocycles. The molecule has 1 atom stereocenters. The summed E-state index contributed by atoms with van der Waals surface area (Å²) in [7, 11) is 0. The van der Waals surface area contributed by atoms with E-state index in [-0.39, 0.29) is 0 Å². The summed E-state index contributed by atoms with van der Waals surface area (Å²) in [5.74, 6) is 2.79. The van der Waals surface area contributed by atoms with Gasteiger partial charge in [-0.2, -0.15) is 0 Å². The normalized spacial score (nSPS) is 20.4. The maximum atomic E-state index is 5.37. The molecular formula is C10H17N. The maximum absolute atomic E-state index is 5.37. The van der Waals surface area contributed by atoms with Crippen molar-refractivity contribution in [2.45, 2.75) is 51.1 Å². The molecule has 0 heterocycles. The summed E-state index contributed by atoms with van der Waals surface area (Å²) < 4.78 is 0. The smallest absolute Gasteiger partial charge is 0.0688 e. The van der Waals surface area contributed by atoms with Crippen LogP contribution in [-0.4, -0.2) is 12.1 Å². The van der Waals surface area contributed by atoms with Crippen LogP contribution < -0.4 is 5.32 Å². The molecule has 1 aliphatic carbocycles. The van der Waals surface area contributed by atoms with Gasteiger partial charge in [0.15, 0.2) is 0 Å². The second-order valence-corrected chi connectivity index (χ2v) is 3.30. The lowest BCUT2D eigenvalue weighted by Gasteiger charge is -2.29. The summed E-state index contributed by atoms with van der Waals surface area (Å²) in [4.78, 5) is 0. The third-order valence-corrected chi connectivity index (χ3v) is 2.32. The van der Waals surface area contributed by atoms with Crippen LogP contribution in [0.15, 0.2) is 0 Å². The predicted octanol–water partition coefficient (Wildman–Crippen LogP) is 1.93. The Morgan fingerprint density at radius 3 is 2.73 bits per heavy atom. The third-order valence-electron chi connectivity index (χ3n) is 2.32. The van der Waals surface area contributed by atoms with E-state index < -0.39 is 0 Å². The van der Waals surface area contributed by atoms with Crippen molar-refractivity contribution >= 4 is 0 Å². The van der Waals surface area contributed by atoms with Crippen molar-refractivity contribution in [3.05, 3.63) is 0 Å². The molecule has 1 N–H and O–H groups in total. The van der Waals surface area contributed by atoms with Gasteiger partial charge >= 0.3 is 0 Å². The fourth-order valence-corrected chi connectivity index (χ4v) is 1.36. The molecule has 1 saturated carbocycles. The van der Waals surface area contributed by atoms with Gasteiger partial charge in [-0.15, -0.1) is 6.42 Å². The molecule has 0 aromatic carbocycles. The lowest BCUT2D eigenvalue weighted by molar-refractivity contribution is 0.319. The van der Waals surface area contributed by atoms with Crippen molar-refractivity contribution in [2.75, 3.05) is 0 Å². The van der Waals surface area contributed by atoms with Crippen LogP contribution in [0.4, 0.5) is 0 Å². The van der Waals surface area contributed by atoms with Crippen LogP contribution in [0.1, 0.15) is 39.0 Å². The quantitative estimate of drug-likeness (QED) is 0.605.